The number of thioether (sulfide) groups is 1. The van der Waals surface area contributed by atoms with Gasteiger partial charge in [0.15, 0.2) is 5.82 Å². The van der Waals surface area contributed by atoms with Gasteiger partial charge in [0.1, 0.15) is 11.5 Å². The highest BCUT2D eigenvalue weighted by Crippen LogP contribution is 2.38. The highest BCUT2D eigenvalue weighted by Gasteiger charge is 2.25. The number of hydrogen-bond donors (Lipinski definition) is 0. The van der Waals surface area contributed by atoms with E-state index in [1.165, 1.54) is 20.8 Å². The zero-order valence-corrected chi connectivity index (χ0v) is 23.2. The van der Waals surface area contributed by atoms with Crippen molar-refractivity contribution in [1.82, 2.24) is 29.5 Å². The highest BCUT2D eigenvalue weighted by atomic mass is 32.2. The molecule has 0 fully saturated rings. The second-order valence-electron chi connectivity index (χ2n) is 9.09. The molecule has 0 saturated heterocycles. The van der Waals surface area contributed by atoms with Gasteiger partial charge in [0, 0.05) is 65.5 Å². The number of benzene rings is 3. The minimum atomic E-state index is -0.638. The molecule has 0 aliphatic carbocycles. The van der Waals surface area contributed by atoms with Crippen LogP contribution >= 0.6 is 11.8 Å². The topological polar surface area (TPSA) is 110 Å². The summed E-state index contributed by atoms with van der Waals surface area (Å²) in [5, 5.41) is 10.7. The maximum absolute atomic E-state index is 12.7. The lowest BCUT2D eigenvalue weighted by molar-refractivity contribution is 0.170. The number of carbonyl (C=O) groups is 3. The first-order valence-electron chi connectivity index (χ1n) is 11.8. The molecular formula is C27H28N6O5S. The lowest BCUT2D eigenvalue weighted by Crippen LogP contribution is -2.26. The van der Waals surface area contributed by atoms with E-state index in [1.807, 2.05) is 42.5 Å². The molecule has 3 aromatic carbocycles. The van der Waals surface area contributed by atoms with Gasteiger partial charge in [-0.15, -0.1) is 10.2 Å². The van der Waals surface area contributed by atoms with E-state index in [0.717, 1.165) is 28.2 Å². The van der Waals surface area contributed by atoms with Crippen molar-refractivity contribution in [3.05, 3.63) is 60.7 Å². The Hall–Kier alpha value is -4.58. The quantitative estimate of drug-likeness (QED) is 0.321. The largest absolute Gasteiger partial charge is 0.414 e. The van der Waals surface area contributed by atoms with Crippen LogP contribution in [0.1, 0.15) is 0 Å². The smallest absolute Gasteiger partial charge is 0.410 e. The van der Waals surface area contributed by atoms with E-state index in [9.17, 15) is 14.4 Å². The summed E-state index contributed by atoms with van der Waals surface area (Å²) in [6, 6.07) is 18.2. The van der Waals surface area contributed by atoms with Crippen molar-refractivity contribution in [2.24, 2.45) is 0 Å². The van der Waals surface area contributed by atoms with Gasteiger partial charge in [-0.25, -0.2) is 9.59 Å². The molecule has 0 atom stereocenters. The molecule has 11 nitrogen and oxygen atoms in total. The number of aromatic nitrogens is 3. The van der Waals surface area contributed by atoms with E-state index in [2.05, 4.69) is 10.2 Å². The molecule has 0 aliphatic rings. The molecule has 0 bridgehead atoms. The molecule has 3 amide bonds. The third-order valence-corrected chi connectivity index (χ3v) is 6.50. The Morgan fingerprint density at radius 2 is 1.44 bits per heavy atom. The predicted octanol–water partition coefficient (Wildman–Crippen LogP) is 4.98. The van der Waals surface area contributed by atoms with Crippen LogP contribution in [0, 0.1) is 0 Å². The van der Waals surface area contributed by atoms with Crippen LogP contribution in [0.25, 0.3) is 27.8 Å². The molecule has 202 valence electrons. The number of nitrogens with zero attached hydrogens (tertiary/aromatic N) is 6. The molecule has 0 radical (unpaired) electrons. The number of rotatable bonds is 5. The predicted molar refractivity (Wildman–Crippen MR) is 149 cm³/mol. The molecule has 4 rings (SSSR count). The van der Waals surface area contributed by atoms with Crippen molar-refractivity contribution in [3.63, 3.8) is 0 Å². The van der Waals surface area contributed by atoms with Crippen LogP contribution in [-0.4, -0.2) is 89.2 Å². The summed E-state index contributed by atoms with van der Waals surface area (Å²) in [5.74, 6) is 0.599. The van der Waals surface area contributed by atoms with Gasteiger partial charge in [-0.3, -0.25) is 9.36 Å². The first kappa shape index (κ1) is 27.5. The van der Waals surface area contributed by atoms with Crippen LogP contribution < -0.4 is 9.47 Å². The summed E-state index contributed by atoms with van der Waals surface area (Å²) in [5.41, 5.74) is 1.13. The fourth-order valence-electron chi connectivity index (χ4n) is 3.51. The maximum atomic E-state index is 12.7. The average Bonchev–Trinajstić information content (AvgIpc) is 3.31. The third-order valence-electron chi connectivity index (χ3n) is 5.51. The summed E-state index contributed by atoms with van der Waals surface area (Å²) in [4.78, 5) is 41.4. The Kier molecular flexibility index (Phi) is 8.05. The van der Waals surface area contributed by atoms with Gasteiger partial charge >= 0.3 is 12.2 Å². The normalized spacial score (nSPS) is 10.7. The van der Waals surface area contributed by atoms with Crippen molar-refractivity contribution in [3.8, 4) is 28.6 Å². The van der Waals surface area contributed by atoms with Crippen LogP contribution in [0.2, 0.25) is 0 Å². The minimum absolute atomic E-state index is 0.0992. The van der Waals surface area contributed by atoms with Crippen LogP contribution in [0.15, 0.2) is 65.8 Å². The molecule has 0 unspecified atom stereocenters. The summed E-state index contributed by atoms with van der Waals surface area (Å²) >= 11 is 0.922. The van der Waals surface area contributed by atoms with E-state index < -0.39 is 12.2 Å². The fraction of sp³-hybridized carbons (Fsp3) is 0.222. The summed E-state index contributed by atoms with van der Waals surface area (Å²) < 4.78 is 12.8. The minimum Gasteiger partial charge on any atom is -0.410 e. The fourth-order valence-corrected chi connectivity index (χ4v) is 4.21. The van der Waals surface area contributed by atoms with Crippen LogP contribution in [-0.2, 0) is 0 Å². The Morgan fingerprint density at radius 3 is 2.13 bits per heavy atom. The molecule has 39 heavy (non-hydrogen) atoms. The first-order valence-corrected chi connectivity index (χ1v) is 12.6. The second-order valence-corrected chi connectivity index (χ2v) is 10.0. The van der Waals surface area contributed by atoms with Crippen LogP contribution in [0.3, 0.4) is 0 Å². The van der Waals surface area contributed by atoms with Gasteiger partial charge < -0.3 is 24.2 Å². The number of fused-ring (bicyclic) bond motifs is 1. The number of hydrogen-bond acceptors (Lipinski definition) is 8. The third kappa shape index (κ3) is 5.96. The highest BCUT2D eigenvalue weighted by molar-refractivity contribution is 8.13. The van der Waals surface area contributed by atoms with Crippen molar-refractivity contribution in [2.75, 3.05) is 42.3 Å². The van der Waals surface area contributed by atoms with Gasteiger partial charge in [0.2, 0.25) is 5.16 Å². The lowest BCUT2D eigenvalue weighted by Gasteiger charge is -2.17. The summed E-state index contributed by atoms with van der Waals surface area (Å²) in [7, 11) is 9.54. The monoisotopic (exact) mass is 548 g/mol. The maximum Gasteiger partial charge on any atom is 0.414 e. The van der Waals surface area contributed by atoms with Gasteiger partial charge in [-0.2, -0.15) is 0 Å². The first-order chi connectivity index (χ1) is 18.6. The molecule has 1 aromatic heterocycles. The standard InChI is InChI=1S/C27H28N6O5S/c1-30(2)25(34)37-18-14-15-20(22(16-18)38-26(35)31(3)4)23-28-29-24(39-27(36)32(5)6)33(23)21-13-9-11-17-10-7-8-12-19(17)21/h7-16H,1-6H3. The van der Waals surface area contributed by atoms with Gasteiger partial charge in [-0.05, 0) is 23.6 Å². The number of ether oxygens (including phenoxy) is 2. The van der Waals surface area contributed by atoms with E-state index in [1.54, 1.807) is 59.0 Å². The molecule has 0 aliphatic heterocycles. The van der Waals surface area contributed by atoms with E-state index >= 15 is 0 Å². The van der Waals surface area contributed by atoms with Gasteiger partial charge in [0.05, 0.1) is 11.3 Å². The Bertz CT molecular complexity index is 1540. The number of carbonyl (C=O) groups excluding carboxylic acids is 3. The molecule has 0 saturated carbocycles. The molecule has 1 heterocycles. The van der Waals surface area contributed by atoms with Crippen molar-refractivity contribution >= 4 is 40.0 Å². The summed E-state index contributed by atoms with van der Waals surface area (Å²) in [6.07, 6.45) is -1.23. The van der Waals surface area contributed by atoms with Gasteiger partial charge in [0.25, 0.3) is 5.24 Å². The average molecular weight is 549 g/mol. The van der Waals surface area contributed by atoms with Crippen molar-refractivity contribution in [1.29, 1.82) is 0 Å². The Balaban J connectivity index is 1.94. The molecule has 0 spiro atoms. The van der Waals surface area contributed by atoms with Crippen LogP contribution in [0.4, 0.5) is 14.4 Å². The van der Waals surface area contributed by atoms with Crippen molar-refractivity contribution in [2.45, 2.75) is 5.16 Å². The second kappa shape index (κ2) is 11.4. The number of amides is 3. The molecule has 4 aromatic rings. The van der Waals surface area contributed by atoms with Crippen LogP contribution in [0.5, 0.6) is 11.5 Å². The van der Waals surface area contributed by atoms with E-state index in [0.29, 0.717) is 16.5 Å². The van der Waals surface area contributed by atoms with E-state index in [-0.39, 0.29) is 16.7 Å². The summed E-state index contributed by atoms with van der Waals surface area (Å²) in [6.45, 7) is 0. The van der Waals surface area contributed by atoms with E-state index in [4.69, 9.17) is 9.47 Å². The Labute approximate surface area is 229 Å². The lowest BCUT2D eigenvalue weighted by atomic mass is 10.1. The van der Waals surface area contributed by atoms with Gasteiger partial charge in [-0.1, -0.05) is 36.4 Å². The van der Waals surface area contributed by atoms with Crippen molar-refractivity contribution < 1.29 is 23.9 Å². The SMILES string of the molecule is CN(C)C(=O)Oc1ccc(-c2nnc(SC(=O)N(C)C)n2-c2cccc3ccccc23)c(OC(=O)N(C)C)c1. The molecular weight excluding hydrogens is 520 g/mol. The molecule has 0 N–H and O–H groups in total. The molecule has 12 heteroatoms. The zero-order valence-electron chi connectivity index (χ0n) is 22.4. The Morgan fingerprint density at radius 1 is 0.769 bits per heavy atom. The zero-order chi connectivity index (χ0) is 28.3.